The molecule has 30 heavy (non-hydrogen) atoms. The molecule has 0 atom stereocenters. The van der Waals surface area contributed by atoms with E-state index in [1.54, 1.807) is 34.6 Å². The molecule has 0 aliphatic carbocycles. The van der Waals surface area contributed by atoms with E-state index in [1.165, 1.54) is 0 Å². The lowest BCUT2D eigenvalue weighted by atomic mass is 10.0. The summed E-state index contributed by atoms with van der Waals surface area (Å²) in [7, 11) is 0. The van der Waals surface area contributed by atoms with Gasteiger partial charge in [-0.25, -0.2) is 9.79 Å². The standard InChI is InChI=1S/C25H29NO4/c1-6-29-21(27)17-18(2)22(24(28)30-25(3,4)5)26-23(19-13-9-7-10-14-19)20-15-11-8-12-16-20/h7-16H,6,17H2,1-5H3/b22-18-. The summed E-state index contributed by atoms with van der Waals surface area (Å²) in [6.45, 7) is 9.10. The first-order valence-electron chi connectivity index (χ1n) is 9.99. The monoisotopic (exact) mass is 407 g/mol. The second kappa shape index (κ2) is 10.5. The van der Waals surface area contributed by atoms with Crippen LogP contribution >= 0.6 is 0 Å². The first-order valence-corrected chi connectivity index (χ1v) is 9.99. The molecule has 0 radical (unpaired) electrons. The van der Waals surface area contributed by atoms with E-state index >= 15 is 0 Å². The summed E-state index contributed by atoms with van der Waals surface area (Å²) >= 11 is 0. The quantitative estimate of drug-likeness (QED) is 0.364. The summed E-state index contributed by atoms with van der Waals surface area (Å²) in [4.78, 5) is 29.8. The van der Waals surface area contributed by atoms with Gasteiger partial charge in [0.2, 0.25) is 0 Å². The van der Waals surface area contributed by atoms with Crippen LogP contribution in [0.3, 0.4) is 0 Å². The van der Waals surface area contributed by atoms with E-state index in [4.69, 9.17) is 14.5 Å². The van der Waals surface area contributed by atoms with Gasteiger partial charge in [0.1, 0.15) is 11.3 Å². The van der Waals surface area contributed by atoms with E-state index in [1.807, 2.05) is 60.7 Å². The smallest absolute Gasteiger partial charge is 0.357 e. The number of hydrogen-bond acceptors (Lipinski definition) is 5. The zero-order valence-corrected chi connectivity index (χ0v) is 18.3. The van der Waals surface area contributed by atoms with Crippen LogP contribution in [0.2, 0.25) is 0 Å². The maximum absolute atomic E-state index is 13.0. The molecule has 0 aromatic heterocycles. The summed E-state index contributed by atoms with van der Waals surface area (Å²) in [5, 5.41) is 0. The van der Waals surface area contributed by atoms with Crippen molar-refractivity contribution < 1.29 is 19.1 Å². The van der Waals surface area contributed by atoms with Crippen molar-refractivity contribution in [3.05, 3.63) is 83.1 Å². The van der Waals surface area contributed by atoms with Crippen LogP contribution in [-0.2, 0) is 19.1 Å². The maximum atomic E-state index is 13.0. The van der Waals surface area contributed by atoms with Gasteiger partial charge in [0.25, 0.3) is 0 Å². The molecule has 158 valence electrons. The molecule has 5 heteroatoms. The Labute approximate surface area is 178 Å². The molecule has 5 nitrogen and oxygen atoms in total. The second-order valence-electron chi connectivity index (χ2n) is 7.81. The van der Waals surface area contributed by atoms with Crippen molar-refractivity contribution in [2.24, 2.45) is 4.99 Å². The summed E-state index contributed by atoms with van der Waals surface area (Å²) in [5.41, 5.74) is 2.25. The topological polar surface area (TPSA) is 65.0 Å². The fourth-order valence-electron chi connectivity index (χ4n) is 2.75. The molecule has 0 aliphatic heterocycles. The predicted molar refractivity (Wildman–Crippen MR) is 118 cm³/mol. The van der Waals surface area contributed by atoms with Gasteiger partial charge in [-0.2, -0.15) is 0 Å². The van der Waals surface area contributed by atoms with E-state index in [9.17, 15) is 9.59 Å². The first kappa shape index (κ1) is 23.1. The SMILES string of the molecule is CCOC(=O)C/C(C)=C(\N=C(c1ccccc1)c1ccccc1)C(=O)OC(C)(C)C. The van der Waals surface area contributed by atoms with E-state index in [0.29, 0.717) is 11.3 Å². The largest absolute Gasteiger partial charge is 0.466 e. The highest BCUT2D eigenvalue weighted by atomic mass is 16.6. The Balaban J connectivity index is 2.62. The van der Waals surface area contributed by atoms with Gasteiger partial charge in [0.15, 0.2) is 0 Å². The number of carbonyl (C=O) groups is 2. The first-order chi connectivity index (χ1) is 14.2. The summed E-state index contributed by atoms with van der Waals surface area (Å²) in [6, 6.07) is 19.2. The summed E-state index contributed by atoms with van der Waals surface area (Å²) in [5.74, 6) is -0.985. The van der Waals surface area contributed by atoms with Gasteiger partial charge in [-0.1, -0.05) is 60.7 Å². The lowest BCUT2D eigenvalue weighted by molar-refractivity contribution is -0.149. The van der Waals surface area contributed by atoms with Crippen molar-refractivity contribution >= 4 is 17.7 Å². The molecule has 0 amide bonds. The maximum Gasteiger partial charge on any atom is 0.357 e. The minimum absolute atomic E-state index is 0.0389. The van der Waals surface area contributed by atoms with Crippen molar-refractivity contribution in [3.63, 3.8) is 0 Å². The molecule has 0 saturated carbocycles. The van der Waals surface area contributed by atoms with Crippen LogP contribution in [0.5, 0.6) is 0 Å². The Kier molecular flexibility index (Phi) is 8.10. The number of nitrogens with zero attached hydrogens (tertiary/aromatic N) is 1. The Morgan fingerprint density at radius 1 is 0.900 bits per heavy atom. The zero-order valence-electron chi connectivity index (χ0n) is 18.3. The molecule has 2 aromatic rings. The summed E-state index contributed by atoms with van der Waals surface area (Å²) in [6.07, 6.45) is -0.0389. The third kappa shape index (κ3) is 6.99. The molecule has 0 unspecified atom stereocenters. The van der Waals surface area contributed by atoms with Gasteiger partial charge in [-0.15, -0.1) is 0 Å². The summed E-state index contributed by atoms with van der Waals surface area (Å²) < 4.78 is 10.6. The van der Waals surface area contributed by atoms with Crippen LogP contribution in [0.4, 0.5) is 0 Å². The number of rotatable bonds is 7. The number of hydrogen-bond donors (Lipinski definition) is 0. The van der Waals surface area contributed by atoms with Crippen LogP contribution in [0, 0.1) is 0 Å². The minimum Gasteiger partial charge on any atom is -0.466 e. The van der Waals surface area contributed by atoms with Crippen molar-refractivity contribution in [1.29, 1.82) is 0 Å². The van der Waals surface area contributed by atoms with E-state index in [0.717, 1.165) is 11.1 Å². The molecule has 2 aromatic carbocycles. The Hall–Kier alpha value is -3.21. The van der Waals surface area contributed by atoms with Crippen molar-refractivity contribution in [3.8, 4) is 0 Å². The normalized spacial score (nSPS) is 11.9. The van der Waals surface area contributed by atoms with Crippen LogP contribution in [0.1, 0.15) is 52.2 Å². The van der Waals surface area contributed by atoms with E-state index in [2.05, 4.69) is 0 Å². The minimum atomic E-state index is -0.693. The van der Waals surface area contributed by atoms with Gasteiger partial charge in [0, 0.05) is 11.1 Å². The number of benzene rings is 2. The molecular weight excluding hydrogens is 378 g/mol. The lowest BCUT2D eigenvalue weighted by Gasteiger charge is -2.21. The third-order valence-electron chi connectivity index (χ3n) is 4.03. The lowest BCUT2D eigenvalue weighted by Crippen LogP contribution is -2.25. The van der Waals surface area contributed by atoms with Gasteiger partial charge in [0.05, 0.1) is 18.7 Å². The van der Waals surface area contributed by atoms with Crippen LogP contribution in [0.25, 0.3) is 0 Å². The molecule has 0 heterocycles. The highest BCUT2D eigenvalue weighted by Crippen LogP contribution is 2.21. The zero-order chi connectivity index (χ0) is 22.1. The van der Waals surface area contributed by atoms with Gasteiger partial charge < -0.3 is 9.47 Å². The van der Waals surface area contributed by atoms with Crippen molar-refractivity contribution in [1.82, 2.24) is 0 Å². The van der Waals surface area contributed by atoms with Crippen LogP contribution in [0.15, 0.2) is 76.9 Å². The van der Waals surface area contributed by atoms with Crippen molar-refractivity contribution in [2.45, 2.75) is 46.6 Å². The van der Waals surface area contributed by atoms with Gasteiger partial charge in [-0.3, -0.25) is 4.79 Å². The molecule has 0 fully saturated rings. The predicted octanol–water partition coefficient (Wildman–Crippen LogP) is 5.09. The highest BCUT2D eigenvalue weighted by molar-refractivity contribution is 6.14. The fraction of sp³-hybridized carbons (Fsp3) is 0.320. The molecular formula is C25H29NO4. The molecule has 0 spiro atoms. The highest BCUT2D eigenvalue weighted by Gasteiger charge is 2.23. The molecule has 2 rings (SSSR count). The number of esters is 2. The molecule has 0 bridgehead atoms. The molecule has 0 aliphatic rings. The average molecular weight is 408 g/mol. The van der Waals surface area contributed by atoms with Gasteiger partial charge in [-0.05, 0) is 40.2 Å². The number of aliphatic imine (C=N–C) groups is 1. The number of carbonyl (C=O) groups excluding carboxylic acids is 2. The Morgan fingerprint density at radius 3 is 1.83 bits per heavy atom. The number of ether oxygens (including phenoxy) is 2. The van der Waals surface area contributed by atoms with Crippen LogP contribution in [-0.4, -0.2) is 29.9 Å². The van der Waals surface area contributed by atoms with E-state index in [-0.39, 0.29) is 18.7 Å². The Bertz CT molecular complexity index is 881. The third-order valence-corrected chi connectivity index (χ3v) is 4.03. The van der Waals surface area contributed by atoms with Crippen LogP contribution < -0.4 is 0 Å². The average Bonchev–Trinajstić information content (AvgIpc) is 2.68. The molecule has 0 saturated heterocycles. The Morgan fingerprint density at radius 2 is 1.40 bits per heavy atom. The van der Waals surface area contributed by atoms with Crippen molar-refractivity contribution in [2.75, 3.05) is 6.61 Å². The van der Waals surface area contributed by atoms with E-state index < -0.39 is 17.5 Å². The second-order valence-corrected chi connectivity index (χ2v) is 7.81. The molecule has 0 N–H and O–H groups in total. The fourth-order valence-corrected chi connectivity index (χ4v) is 2.75. The van der Waals surface area contributed by atoms with Gasteiger partial charge >= 0.3 is 11.9 Å².